The fraction of sp³-hybridized carbons (Fsp3) is 1.00. The lowest BCUT2D eigenvalue weighted by atomic mass is 9.91. The summed E-state index contributed by atoms with van der Waals surface area (Å²) in [5, 5.41) is 0. The van der Waals surface area contributed by atoms with Crippen LogP contribution in [0.1, 0.15) is 32.1 Å². The van der Waals surface area contributed by atoms with Crippen molar-refractivity contribution in [1.29, 1.82) is 0 Å². The minimum Gasteiger partial charge on any atom is -0.375 e. The van der Waals surface area contributed by atoms with Crippen LogP contribution in [0, 0.1) is 0 Å². The molecule has 1 heterocycles. The van der Waals surface area contributed by atoms with E-state index in [0.717, 1.165) is 25.7 Å². The Balaban J connectivity index is 2.09. The second-order valence-corrected chi connectivity index (χ2v) is 7.33. The molecular formula is C12H25N3O3S. The minimum atomic E-state index is -3.37. The molecule has 6 nitrogen and oxygen atoms in total. The zero-order chi connectivity index (χ0) is 13.9. The van der Waals surface area contributed by atoms with Crippen LogP contribution in [0.3, 0.4) is 0 Å². The molecule has 1 saturated heterocycles. The first-order valence-corrected chi connectivity index (χ1v) is 8.52. The van der Waals surface area contributed by atoms with Crippen molar-refractivity contribution in [3.8, 4) is 0 Å². The largest absolute Gasteiger partial charge is 0.375 e. The van der Waals surface area contributed by atoms with Crippen LogP contribution in [0.2, 0.25) is 0 Å². The predicted octanol–water partition coefficient (Wildman–Crippen LogP) is 0.155. The Morgan fingerprint density at radius 2 is 2.11 bits per heavy atom. The van der Waals surface area contributed by atoms with Gasteiger partial charge in [-0.15, -0.1) is 0 Å². The van der Waals surface area contributed by atoms with Crippen LogP contribution in [0.4, 0.5) is 0 Å². The molecule has 0 radical (unpaired) electrons. The van der Waals surface area contributed by atoms with Gasteiger partial charge in [0.25, 0.3) is 10.2 Å². The van der Waals surface area contributed by atoms with Crippen molar-refractivity contribution in [3.05, 3.63) is 0 Å². The van der Waals surface area contributed by atoms with Crippen LogP contribution in [-0.2, 0) is 14.9 Å². The van der Waals surface area contributed by atoms with E-state index in [4.69, 9.17) is 10.5 Å². The van der Waals surface area contributed by atoms with Crippen LogP contribution in [-0.4, -0.2) is 62.5 Å². The topological polar surface area (TPSA) is 75.9 Å². The zero-order valence-corrected chi connectivity index (χ0v) is 12.4. The summed E-state index contributed by atoms with van der Waals surface area (Å²) in [5.41, 5.74) is 5.45. The van der Waals surface area contributed by atoms with Crippen molar-refractivity contribution < 1.29 is 13.2 Å². The van der Waals surface area contributed by atoms with Crippen LogP contribution < -0.4 is 5.73 Å². The Hall–Kier alpha value is -0.210. The predicted molar refractivity (Wildman–Crippen MR) is 73.9 cm³/mol. The van der Waals surface area contributed by atoms with Crippen LogP contribution in [0.25, 0.3) is 0 Å². The number of hydrogen-bond donors (Lipinski definition) is 1. The van der Waals surface area contributed by atoms with Crippen molar-refractivity contribution in [2.45, 2.75) is 44.2 Å². The fourth-order valence-corrected chi connectivity index (χ4v) is 4.56. The number of nitrogens with two attached hydrogens (primary N) is 1. The average Bonchev–Trinajstić information content (AvgIpc) is 2.43. The Labute approximate surface area is 116 Å². The minimum absolute atomic E-state index is 0.0211. The maximum Gasteiger partial charge on any atom is 0.282 e. The Bertz CT molecular complexity index is 386. The van der Waals surface area contributed by atoms with Gasteiger partial charge in [-0.2, -0.15) is 17.0 Å². The summed E-state index contributed by atoms with van der Waals surface area (Å²) in [7, 11) is -1.74. The number of ether oxygens (including phenoxy) is 1. The lowest BCUT2D eigenvalue weighted by Crippen LogP contribution is -2.57. The first kappa shape index (κ1) is 15.2. The quantitative estimate of drug-likeness (QED) is 0.782. The van der Waals surface area contributed by atoms with Crippen LogP contribution >= 0.6 is 0 Å². The monoisotopic (exact) mass is 291 g/mol. The van der Waals surface area contributed by atoms with E-state index < -0.39 is 10.2 Å². The molecule has 0 aromatic rings. The van der Waals surface area contributed by atoms with E-state index in [2.05, 4.69) is 0 Å². The molecule has 0 amide bonds. The van der Waals surface area contributed by atoms with E-state index >= 15 is 0 Å². The van der Waals surface area contributed by atoms with E-state index in [1.165, 1.54) is 4.31 Å². The molecule has 0 bridgehead atoms. The summed E-state index contributed by atoms with van der Waals surface area (Å²) in [6, 6.07) is 0.0211. The van der Waals surface area contributed by atoms with Crippen molar-refractivity contribution in [3.63, 3.8) is 0 Å². The Morgan fingerprint density at radius 3 is 2.84 bits per heavy atom. The highest BCUT2D eigenvalue weighted by molar-refractivity contribution is 7.86. The van der Waals surface area contributed by atoms with Crippen molar-refractivity contribution >= 4 is 10.2 Å². The van der Waals surface area contributed by atoms with Gasteiger partial charge in [-0.3, -0.25) is 0 Å². The zero-order valence-electron chi connectivity index (χ0n) is 11.6. The van der Waals surface area contributed by atoms with E-state index in [0.29, 0.717) is 32.7 Å². The van der Waals surface area contributed by atoms with E-state index in [1.54, 1.807) is 11.4 Å². The molecule has 2 N–H and O–H groups in total. The highest BCUT2D eigenvalue weighted by Gasteiger charge is 2.41. The molecule has 1 aliphatic carbocycles. The third kappa shape index (κ3) is 3.28. The molecule has 7 heteroatoms. The summed E-state index contributed by atoms with van der Waals surface area (Å²) >= 11 is 0. The van der Waals surface area contributed by atoms with Gasteiger partial charge in [-0.25, -0.2) is 0 Å². The van der Waals surface area contributed by atoms with Gasteiger partial charge in [-0.1, -0.05) is 12.8 Å². The van der Waals surface area contributed by atoms with E-state index in [9.17, 15) is 8.42 Å². The molecule has 112 valence electrons. The molecule has 1 saturated carbocycles. The first-order valence-electron chi connectivity index (χ1n) is 7.12. The van der Waals surface area contributed by atoms with Gasteiger partial charge >= 0.3 is 0 Å². The highest BCUT2D eigenvalue weighted by atomic mass is 32.2. The summed E-state index contributed by atoms with van der Waals surface area (Å²) in [5.74, 6) is 0. The number of morpholine rings is 1. The second-order valence-electron chi connectivity index (χ2n) is 5.34. The van der Waals surface area contributed by atoms with Crippen molar-refractivity contribution in [2.24, 2.45) is 5.73 Å². The van der Waals surface area contributed by atoms with Gasteiger partial charge < -0.3 is 10.5 Å². The summed E-state index contributed by atoms with van der Waals surface area (Å²) in [6.45, 7) is 1.96. The molecule has 0 spiro atoms. The van der Waals surface area contributed by atoms with Gasteiger partial charge in [-0.05, 0) is 25.8 Å². The van der Waals surface area contributed by atoms with Gasteiger partial charge in [0.2, 0.25) is 0 Å². The normalized spacial score (nSPS) is 29.4. The summed E-state index contributed by atoms with van der Waals surface area (Å²) in [4.78, 5) is 0. The third-order valence-electron chi connectivity index (χ3n) is 4.05. The lowest BCUT2D eigenvalue weighted by molar-refractivity contribution is -0.0600. The first-order chi connectivity index (χ1) is 9.07. The van der Waals surface area contributed by atoms with Gasteiger partial charge in [0, 0.05) is 20.1 Å². The maximum atomic E-state index is 12.6. The van der Waals surface area contributed by atoms with Gasteiger partial charge in [0.1, 0.15) is 0 Å². The highest BCUT2D eigenvalue weighted by Crippen LogP contribution is 2.30. The smallest absolute Gasteiger partial charge is 0.282 e. The average molecular weight is 291 g/mol. The molecule has 2 unspecified atom stereocenters. The van der Waals surface area contributed by atoms with Crippen molar-refractivity contribution in [1.82, 2.24) is 8.61 Å². The third-order valence-corrected chi connectivity index (χ3v) is 6.06. The molecule has 2 fully saturated rings. The number of rotatable bonds is 5. The van der Waals surface area contributed by atoms with Crippen LogP contribution in [0.5, 0.6) is 0 Å². The fourth-order valence-electron chi connectivity index (χ4n) is 2.96. The van der Waals surface area contributed by atoms with E-state index in [-0.39, 0.29) is 12.1 Å². The second kappa shape index (κ2) is 6.49. The standard InChI is InChI=1S/C12H25N3O3S/c1-14(8-4-7-13)19(16,17)15-9-10-18-12-6-3-2-5-11(12)15/h11-12H,2-10,13H2,1H3. The molecule has 0 aromatic heterocycles. The van der Waals surface area contributed by atoms with Crippen LogP contribution in [0.15, 0.2) is 0 Å². The molecule has 2 rings (SSSR count). The Morgan fingerprint density at radius 1 is 1.37 bits per heavy atom. The number of hydrogen-bond acceptors (Lipinski definition) is 4. The molecule has 0 aromatic carbocycles. The molecular weight excluding hydrogens is 266 g/mol. The molecule has 1 aliphatic heterocycles. The van der Waals surface area contributed by atoms with Gasteiger partial charge in [0.15, 0.2) is 0 Å². The summed E-state index contributed by atoms with van der Waals surface area (Å²) in [6.07, 6.45) is 4.88. The lowest BCUT2D eigenvalue weighted by Gasteiger charge is -2.43. The SMILES string of the molecule is CN(CCCN)S(=O)(=O)N1CCOC2CCCCC21. The van der Waals surface area contributed by atoms with Gasteiger partial charge in [0.05, 0.1) is 18.8 Å². The number of nitrogens with zero attached hydrogens (tertiary/aromatic N) is 2. The van der Waals surface area contributed by atoms with Crippen molar-refractivity contribution in [2.75, 3.05) is 33.3 Å². The molecule has 19 heavy (non-hydrogen) atoms. The molecule has 2 atom stereocenters. The number of fused-ring (bicyclic) bond motifs is 1. The summed E-state index contributed by atoms with van der Waals surface area (Å²) < 4.78 is 34.0. The van der Waals surface area contributed by atoms with E-state index in [1.807, 2.05) is 0 Å². The Kier molecular flexibility index (Phi) is 5.19. The maximum absolute atomic E-state index is 12.6. The molecule has 2 aliphatic rings.